The normalized spacial score (nSPS) is 14.8. The maximum Gasteiger partial charge on any atom is 0.274 e. The fourth-order valence-electron chi connectivity index (χ4n) is 4.19. The molecule has 1 saturated heterocycles. The quantitative estimate of drug-likeness (QED) is 0.422. The Bertz CT molecular complexity index is 1420. The number of para-hydroxylation sites is 1. The number of likely N-dealkylation sites (tertiary alicyclic amines) is 1. The van der Waals surface area contributed by atoms with Crippen LogP contribution in [0, 0.1) is 6.92 Å². The summed E-state index contributed by atoms with van der Waals surface area (Å²) in [7, 11) is 0. The monoisotopic (exact) mass is 482 g/mol. The molecule has 1 aromatic carbocycles. The van der Waals surface area contributed by atoms with Gasteiger partial charge in [0.25, 0.3) is 11.1 Å². The fourth-order valence-corrected chi connectivity index (χ4v) is 5.37. The number of rotatable bonds is 4. The lowest BCUT2D eigenvalue weighted by Gasteiger charge is -2.31. The summed E-state index contributed by atoms with van der Waals surface area (Å²) in [5.41, 5.74) is 2.12. The van der Waals surface area contributed by atoms with Crippen LogP contribution in [0.1, 0.15) is 35.8 Å². The first-order valence-electron chi connectivity index (χ1n) is 11.0. The van der Waals surface area contributed by atoms with Crippen LogP contribution in [0.5, 0.6) is 5.19 Å². The molecular weight excluding hydrogens is 460 g/mol. The first kappa shape index (κ1) is 21.9. The summed E-state index contributed by atoms with van der Waals surface area (Å²) in [6.45, 7) is 5.52. The van der Waals surface area contributed by atoms with E-state index < -0.39 is 0 Å². The number of carbonyl (C=O) groups excluding carboxylic acids is 1. The van der Waals surface area contributed by atoms with Crippen LogP contribution in [0.4, 0.5) is 0 Å². The standard InChI is InChI=1S/C24H23ClN4O3S/c1-3-28-13-17(21(30)16-8-7-14(2)26-22(16)28)23(31)29-11-9-15(10-12-29)32-24-27-20-18(25)5-4-6-19(20)33-24/h4-8,13,15H,3,9-12H2,1-2H3. The van der Waals surface area contributed by atoms with Crippen molar-refractivity contribution >= 4 is 50.1 Å². The Kier molecular flexibility index (Phi) is 5.80. The molecule has 0 aliphatic carbocycles. The topological polar surface area (TPSA) is 77.3 Å². The van der Waals surface area contributed by atoms with Crippen LogP contribution in [-0.2, 0) is 6.54 Å². The molecule has 1 amide bonds. The molecule has 0 bridgehead atoms. The van der Waals surface area contributed by atoms with Crippen molar-refractivity contribution in [2.75, 3.05) is 13.1 Å². The van der Waals surface area contributed by atoms with Crippen LogP contribution in [0.15, 0.2) is 41.3 Å². The second-order valence-electron chi connectivity index (χ2n) is 8.16. The number of aryl methyl sites for hydroxylation is 2. The van der Waals surface area contributed by atoms with Crippen molar-refractivity contribution in [2.45, 2.75) is 39.3 Å². The van der Waals surface area contributed by atoms with Gasteiger partial charge in [-0.3, -0.25) is 9.59 Å². The van der Waals surface area contributed by atoms with E-state index in [1.54, 1.807) is 23.2 Å². The number of nitrogens with zero attached hydrogens (tertiary/aromatic N) is 4. The zero-order valence-corrected chi connectivity index (χ0v) is 19.9. The largest absolute Gasteiger partial charge is 0.467 e. The second kappa shape index (κ2) is 8.76. The highest BCUT2D eigenvalue weighted by atomic mass is 35.5. The summed E-state index contributed by atoms with van der Waals surface area (Å²) in [5.74, 6) is -0.241. The summed E-state index contributed by atoms with van der Waals surface area (Å²) < 4.78 is 8.95. The zero-order chi connectivity index (χ0) is 23.1. The summed E-state index contributed by atoms with van der Waals surface area (Å²) >= 11 is 7.69. The van der Waals surface area contributed by atoms with Gasteiger partial charge >= 0.3 is 0 Å². The minimum atomic E-state index is -0.267. The molecule has 0 atom stereocenters. The van der Waals surface area contributed by atoms with Crippen LogP contribution in [0.3, 0.4) is 0 Å². The molecule has 0 unspecified atom stereocenters. The average Bonchev–Trinajstić information content (AvgIpc) is 3.23. The molecule has 3 aromatic heterocycles. The molecule has 5 rings (SSSR count). The Labute approximate surface area is 199 Å². The number of piperidine rings is 1. The van der Waals surface area contributed by atoms with Crippen molar-refractivity contribution < 1.29 is 9.53 Å². The first-order valence-corrected chi connectivity index (χ1v) is 12.2. The van der Waals surface area contributed by atoms with Crippen molar-refractivity contribution in [1.29, 1.82) is 0 Å². The molecule has 1 fully saturated rings. The van der Waals surface area contributed by atoms with Crippen molar-refractivity contribution in [3.8, 4) is 5.19 Å². The van der Waals surface area contributed by atoms with E-state index in [0.717, 1.165) is 15.9 Å². The van der Waals surface area contributed by atoms with Crippen LogP contribution in [0.2, 0.25) is 5.02 Å². The van der Waals surface area contributed by atoms with E-state index in [1.165, 1.54) is 11.3 Å². The predicted molar refractivity (Wildman–Crippen MR) is 131 cm³/mol. The molecule has 0 spiro atoms. The molecule has 7 nitrogen and oxygen atoms in total. The number of benzene rings is 1. The average molecular weight is 483 g/mol. The van der Waals surface area contributed by atoms with E-state index in [1.807, 2.05) is 36.6 Å². The molecule has 1 aliphatic heterocycles. The van der Waals surface area contributed by atoms with Gasteiger partial charge in [-0.1, -0.05) is 29.0 Å². The number of halogens is 1. The minimum Gasteiger partial charge on any atom is -0.467 e. The maximum atomic E-state index is 13.2. The highest BCUT2D eigenvalue weighted by molar-refractivity contribution is 7.20. The molecule has 0 radical (unpaired) electrons. The van der Waals surface area contributed by atoms with Crippen molar-refractivity contribution in [1.82, 2.24) is 19.4 Å². The molecule has 0 N–H and O–H groups in total. The molecule has 0 saturated carbocycles. The van der Waals surface area contributed by atoms with Crippen molar-refractivity contribution in [3.63, 3.8) is 0 Å². The summed E-state index contributed by atoms with van der Waals surface area (Å²) in [4.78, 5) is 37.1. The van der Waals surface area contributed by atoms with E-state index in [2.05, 4.69) is 9.97 Å². The Morgan fingerprint density at radius 1 is 1.21 bits per heavy atom. The molecule has 4 aromatic rings. The van der Waals surface area contributed by atoms with Crippen molar-refractivity contribution in [3.05, 3.63) is 63.0 Å². The van der Waals surface area contributed by atoms with Crippen molar-refractivity contribution in [2.24, 2.45) is 0 Å². The molecule has 170 valence electrons. The highest BCUT2D eigenvalue weighted by Gasteiger charge is 2.28. The van der Waals surface area contributed by atoms with Gasteiger partial charge in [-0.2, -0.15) is 0 Å². The minimum absolute atomic E-state index is 0.0375. The third-order valence-electron chi connectivity index (χ3n) is 5.98. The van der Waals surface area contributed by atoms with E-state index in [0.29, 0.717) is 53.7 Å². The lowest BCUT2D eigenvalue weighted by atomic mass is 10.1. The number of ether oxygens (including phenoxy) is 1. The number of fused-ring (bicyclic) bond motifs is 2. The predicted octanol–water partition coefficient (Wildman–Crippen LogP) is 4.67. The first-order chi connectivity index (χ1) is 15.9. The fraction of sp³-hybridized carbons (Fsp3) is 0.333. The second-order valence-corrected chi connectivity index (χ2v) is 9.56. The molecule has 9 heteroatoms. The zero-order valence-electron chi connectivity index (χ0n) is 18.4. The van der Waals surface area contributed by atoms with Gasteiger partial charge in [0.1, 0.15) is 22.8 Å². The van der Waals surface area contributed by atoms with E-state index in [4.69, 9.17) is 16.3 Å². The Hall–Kier alpha value is -2.97. The number of hydrogen-bond acceptors (Lipinski definition) is 6. The summed E-state index contributed by atoms with van der Waals surface area (Å²) in [6, 6.07) is 9.24. The third-order valence-corrected chi connectivity index (χ3v) is 7.19. The number of aromatic nitrogens is 3. The Morgan fingerprint density at radius 2 is 2.00 bits per heavy atom. The van der Waals surface area contributed by atoms with E-state index in [-0.39, 0.29) is 23.0 Å². The van der Waals surface area contributed by atoms with Crippen LogP contribution >= 0.6 is 22.9 Å². The van der Waals surface area contributed by atoms with E-state index in [9.17, 15) is 9.59 Å². The maximum absolute atomic E-state index is 13.2. The van der Waals surface area contributed by atoms with Gasteiger partial charge in [-0.25, -0.2) is 9.97 Å². The molecule has 4 heterocycles. The smallest absolute Gasteiger partial charge is 0.274 e. The highest BCUT2D eigenvalue weighted by Crippen LogP contribution is 2.33. The van der Waals surface area contributed by atoms with Crippen LogP contribution in [0.25, 0.3) is 21.3 Å². The summed E-state index contributed by atoms with van der Waals surface area (Å²) in [6.07, 6.45) is 2.95. The number of hydrogen-bond donors (Lipinski definition) is 0. The van der Waals surface area contributed by atoms with Crippen LogP contribution in [-0.4, -0.2) is 44.5 Å². The van der Waals surface area contributed by atoms with Gasteiger partial charge in [0, 0.05) is 44.4 Å². The van der Waals surface area contributed by atoms with Gasteiger partial charge in [0.2, 0.25) is 5.43 Å². The number of pyridine rings is 2. The Morgan fingerprint density at radius 3 is 2.73 bits per heavy atom. The Balaban J connectivity index is 1.32. The van der Waals surface area contributed by atoms with Crippen LogP contribution < -0.4 is 10.2 Å². The molecule has 1 aliphatic rings. The molecule has 33 heavy (non-hydrogen) atoms. The lowest BCUT2D eigenvalue weighted by molar-refractivity contribution is 0.0594. The lowest BCUT2D eigenvalue weighted by Crippen LogP contribution is -2.43. The van der Waals surface area contributed by atoms with E-state index >= 15 is 0 Å². The van der Waals surface area contributed by atoms with Gasteiger partial charge in [-0.15, -0.1) is 0 Å². The number of carbonyl (C=O) groups is 1. The van der Waals surface area contributed by atoms with Gasteiger partial charge in [0.15, 0.2) is 0 Å². The van der Waals surface area contributed by atoms with Gasteiger partial charge < -0.3 is 14.2 Å². The SMILES string of the molecule is CCn1cc(C(=O)N2CCC(Oc3nc4c(Cl)cccc4s3)CC2)c(=O)c2ccc(C)nc21. The third kappa shape index (κ3) is 4.09. The molecular formula is C24H23ClN4O3S. The van der Waals surface area contributed by atoms with Gasteiger partial charge in [-0.05, 0) is 38.1 Å². The summed E-state index contributed by atoms with van der Waals surface area (Å²) in [5, 5.41) is 1.67. The number of thiazole rings is 1. The number of amides is 1. The van der Waals surface area contributed by atoms with Gasteiger partial charge in [0.05, 0.1) is 15.1 Å².